The maximum atomic E-state index is 5.58. The predicted octanol–water partition coefficient (Wildman–Crippen LogP) is 2.61. The molecule has 0 rings (SSSR count). The van der Waals surface area contributed by atoms with Crippen LogP contribution in [0.15, 0.2) is 0 Å². The number of hydrogen-bond acceptors (Lipinski definition) is 1. The van der Waals surface area contributed by atoms with E-state index >= 15 is 0 Å². The third-order valence-corrected chi connectivity index (χ3v) is 3.99. The van der Waals surface area contributed by atoms with Crippen LogP contribution in [-0.4, -0.2) is 27.4 Å². The Bertz CT molecular complexity index is 82.8. The highest BCUT2D eigenvalue weighted by Gasteiger charge is 2.02. The van der Waals surface area contributed by atoms with Crippen molar-refractivity contribution in [1.82, 2.24) is 0 Å². The van der Waals surface area contributed by atoms with Crippen LogP contribution in [-0.2, 0) is 4.43 Å². The molecule has 0 aliphatic carbocycles. The summed E-state index contributed by atoms with van der Waals surface area (Å²) in [7, 11) is -0.894. The van der Waals surface area contributed by atoms with Gasteiger partial charge in [0, 0.05) is 18.4 Å². The molecule has 0 aliphatic rings. The van der Waals surface area contributed by atoms with E-state index in [1.807, 2.05) is 0 Å². The Labute approximate surface area is 80.7 Å². The smallest absolute Gasteiger partial charge is 0.173 e. The van der Waals surface area contributed by atoms with E-state index in [-0.39, 0.29) is 0 Å². The largest absolute Gasteiger partial charge is 0.420 e. The van der Waals surface area contributed by atoms with Gasteiger partial charge in [0.1, 0.15) is 0 Å². The van der Waals surface area contributed by atoms with Crippen LogP contribution >= 0.6 is 23.2 Å². The Morgan fingerprint density at radius 1 is 1.18 bits per heavy atom. The first kappa shape index (κ1) is 11.8. The molecule has 0 aromatic heterocycles. The fourth-order valence-electron chi connectivity index (χ4n) is 0.787. The van der Waals surface area contributed by atoms with Crippen molar-refractivity contribution in [2.75, 3.05) is 18.4 Å². The molecule has 0 N–H and O–H groups in total. The molecule has 4 heteroatoms. The first-order chi connectivity index (χ1) is 5.31. The highest BCUT2D eigenvalue weighted by Crippen LogP contribution is 2.01. The third-order valence-electron chi connectivity index (χ3n) is 1.42. The Hall–Kier alpha value is 0.757. The van der Waals surface area contributed by atoms with E-state index in [0.29, 0.717) is 5.88 Å². The lowest BCUT2D eigenvalue weighted by molar-refractivity contribution is 0.322. The van der Waals surface area contributed by atoms with Gasteiger partial charge in [-0.15, -0.1) is 23.2 Å². The van der Waals surface area contributed by atoms with E-state index in [1.54, 1.807) is 0 Å². The zero-order chi connectivity index (χ0) is 8.53. The topological polar surface area (TPSA) is 9.23 Å². The summed E-state index contributed by atoms with van der Waals surface area (Å²) < 4.78 is 5.58. The average molecular weight is 215 g/mol. The molecule has 11 heavy (non-hydrogen) atoms. The summed E-state index contributed by atoms with van der Waals surface area (Å²) in [5, 5.41) is 0. The molecule has 0 aromatic carbocycles. The van der Waals surface area contributed by atoms with Gasteiger partial charge in [0.15, 0.2) is 9.04 Å². The molecule has 0 radical (unpaired) electrons. The molecular formula is C7H16Cl2OSi. The summed E-state index contributed by atoms with van der Waals surface area (Å²) in [6, 6.07) is 1.19. The van der Waals surface area contributed by atoms with E-state index in [4.69, 9.17) is 27.6 Å². The Balaban J connectivity index is 3.02. The van der Waals surface area contributed by atoms with Gasteiger partial charge in [-0.3, -0.25) is 0 Å². The zero-order valence-corrected chi connectivity index (χ0v) is 9.65. The summed E-state index contributed by atoms with van der Waals surface area (Å²) in [4.78, 5) is 0. The van der Waals surface area contributed by atoms with Crippen molar-refractivity contribution < 1.29 is 4.43 Å². The quantitative estimate of drug-likeness (QED) is 0.360. The van der Waals surface area contributed by atoms with E-state index in [0.717, 1.165) is 25.3 Å². The standard InChI is InChI=1S/C7H16Cl2OSi/c1-11(7-3-5-9)10-6-2-4-8/h11H,2-7H2,1H3. The van der Waals surface area contributed by atoms with Gasteiger partial charge >= 0.3 is 0 Å². The summed E-state index contributed by atoms with van der Waals surface area (Å²) >= 11 is 11.1. The summed E-state index contributed by atoms with van der Waals surface area (Å²) in [5.41, 5.74) is 0. The molecule has 0 aromatic rings. The van der Waals surface area contributed by atoms with Crippen molar-refractivity contribution in [2.24, 2.45) is 0 Å². The van der Waals surface area contributed by atoms with Crippen LogP contribution in [0.5, 0.6) is 0 Å². The van der Waals surface area contributed by atoms with Gasteiger partial charge in [0.05, 0.1) is 0 Å². The maximum Gasteiger partial charge on any atom is 0.173 e. The number of rotatable bonds is 7. The molecule has 0 saturated carbocycles. The van der Waals surface area contributed by atoms with Crippen LogP contribution < -0.4 is 0 Å². The average Bonchev–Trinajstić information content (AvgIpc) is 2.01. The van der Waals surface area contributed by atoms with E-state index in [2.05, 4.69) is 6.55 Å². The molecule has 0 fully saturated rings. The normalized spacial score (nSPS) is 13.4. The van der Waals surface area contributed by atoms with Gasteiger partial charge in [0.2, 0.25) is 0 Å². The van der Waals surface area contributed by atoms with Gasteiger partial charge in [-0.2, -0.15) is 0 Å². The van der Waals surface area contributed by atoms with E-state index in [1.165, 1.54) is 6.04 Å². The number of hydrogen-bond donors (Lipinski definition) is 0. The second-order valence-electron chi connectivity index (χ2n) is 2.56. The van der Waals surface area contributed by atoms with Crippen molar-refractivity contribution in [3.05, 3.63) is 0 Å². The Morgan fingerprint density at radius 2 is 1.82 bits per heavy atom. The zero-order valence-electron chi connectivity index (χ0n) is 6.98. The first-order valence-corrected chi connectivity index (χ1v) is 7.56. The van der Waals surface area contributed by atoms with E-state index in [9.17, 15) is 0 Å². The molecule has 0 heterocycles. The Morgan fingerprint density at radius 3 is 2.36 bits per heavy atom. The molecule has 0 spiro atoms. The summed E-state index contributed by atoms with van der Waals surface area (Å²) in [6.45, 7) is 3.04. The van der Waals surface area contributed by atoms with Crippen LogP contribution in [0, 0.1) is 0 Å². The van der Waals surface area contributed by atoms with Gasteiger partial charge in [-0.1, -0.05) is 0 Å². The number of alkyl halides is 2. The van der Waals surface area contributed by atoms with Crippen LogP contribution in [0.1, 0.15) is 12.8 Å². The fourth-order valence-corrected chi connectivity index (χ4v) is 2.82. The highest BCUT2D eigenvalue weighted by atomic mass is 35.5. The third kappa shape index (κ3) is 8.66. The van der Waals surface area contributed by atoms with Crippen molar-refractivity contribution >= 4 is 32.2 Å². The fraction of sp³-hybridized carbons (Fsp3) is 1.00. The van der Waals surface area contributed by atoms with Gasteiger partial charge in [-0.05, 0) is 25.4 Å². The Kier molecular flexibility index (Phi) is 9.46. The number of halogens is 2. The van der Waals surface area contributed by atoms with Gasteiger partial charge in [0.25, 0.3) is 0 Å². The minimum Gasteiger partial charge on any atom is -0.420 e. The van der Waals surface area contributed by atoms with E-state index < -0.39 is 9.04 Å². The van der Waals surface area contributed by atoms with Gasteiger partial charge in [-0.25, -0.2) is 0 Å². The molecule has 0 bridgehead atoms. The lowest BCUT2D eigenvalue weighted by Crippen LogP contribution is -2.14. The monoisotopic (exact) mass is 214 g/mol. The van der Waals surface area contributed by atoms with Crippen molar-refractivity contribution in [3.63, 3.8) is 0 Å². The van der Waals surface area contributed by atoms with Crippen LogP contribution in [0.2, 0.25) is 12.6 Å². The second-order valence-corrected chi connectivity index (χ2v) is 5.84. The van der Waals surface area contributed by atoms with Crippen molar-refractivity contribution in [3.8, 4) is 0 Å². The SMILES string of the molecule is C[SiH](CCCCl)OCCCCl. The maximum absolute atomic E-state index is 5.58. The molecule has 1 atom stereocenters. The van der Waals surface area contributed by atoms with Crippen LogP contribution in [0.4, 0.5) is 0 Å². The van der Waals surface area contributed by atoms with Crippen molar-refractivity contribution in [2.45, 2.75) is 25.4 Å². The molecule has 0 saturated heterocycles. The molecular weight excluding hydrogens is 199 g/mol. The lowest BCUT2D eigenvalue weighted by atomic mass is 10.5. The highest BCUT2D eigenvalue weighted by molar-refractivity contribution is 6.50. The molecule has 1 nitrogen and oxygen atoms in total. The van der Waals surface area contributed by atoms with Crippen LogP contribution in [0.3, 0.4) is 0 Å². The molecule has 68 valence electrons. The second kappa shape index (κ2) is 8.85. The lowest BCUT2D eigenvalue weighted by Gasteiger charge is -2.09. The molecule has 1 unspecified atom stereocenters. The van der Waals surface area contributed by atoms with Gasteiger partial charge < -0.3 is 4.43 Å². The van der Waals surface area contributed by atoms with Crippen LogP contribution in [0.25, 0.3) is 0 Å². The first-order valence-electron chi connectivity index (χ1n) is 4.04. The molecule has 0 aliphatic heterocycles. The molecule has 0 amide bonds. The minimum absolute atomic E-state index is 0.705. The van der Waals surface area contributed by atoms with Crippen molar-refractivity contribution in [1.29, 1.82) is 0 Å². The summed E-state index contributed by atoms with van der Waals surface area (Å²) in [5.74, 6) is 1.47. The minimum atomic E-state index is -0.894. The predicted molar refractivity (Wildman–Crippen MR) is 54.4 cm³/mol. The summed E-state index contributed by atoms with van der Waals surface area (Å²) in [6.07, 6.45) is 2.07.